The first-order chi connectivity index (χ1) is 10.2. The zero-order valence-electron chi connectivity index (χ0n) is 12.2. The Kier molecular flexibility index (Phi) is 4.91. The second-order valence-corrected chi connectivity index (χ2v) is 7.70. The average molecular weight is 320 g/mol. The third kappa shape index (κ3) is 3.64. The highest BCUT2D eigenvalue weighted by Gasteiger charge is 2.23. The molecule has 2 aliphatic rings. The number of thioether (sulfide) groups is 2. The van der Waals surface area contributed by atoms with E-state index in [0.717, 1.165) is 35.2 Å². The molecule has 112 valence electrons. The fourth-order valence-electron chi connectivity index (χ4n) is 2.76. The molecule has 0 saturated carbocycles. The van der Waals surface area contributed by atoms with Crippen LogP contribution in [0.2, 0.25) is 0 Å². The molecule has 1 aromatic carbocycles. The summed E-state index contributed by atoms with van der Waals surface area (Å²) in [7, 11) is 0. The molecule has 1 fully saturated rings. The lowest BCUT2D eigenvalue weighted by atomic mass is 10.0. The Hall–Kier alpha value is -0.940. The van der Waals surface area contributed by atoms with Crippen molar-refractivity contribution in [1.29, 1.82) is 0 Å². The van der Waals surface area contributed by atoms with Gasteiger partial charge >= 0.3 is 0 Å². The number of benzene rings is 1. The normalized spacial score (nSPS) is 21.7. The number of hydrogen-bond donors (Lipinski definition) is 0. The number of aliphatic imine (C=N–C) groups is 1. The van der Waals surface area contributed by atoms with Gasteiger partial charge in [-0.05, 0) is 37.8 Å². The molecular weight excluding hydrogens is 300 g/mol. The summed E-state index contributed by atoms with van der Waals surface area (Å²) in [6, 6.07) is 8.63. The number of para-hydroxylation sites is 1. The van der Waals surface area contributed by atoms with E-state index < -0.39 is 0 Å². The predicted octanol–water partition coefficient (Wildman–Crippen LogP) is 4.06. The second-order valence-electron chi connectivity index (χ2n) is 5.52. The van der Waals surface area contributed by atoms with Crippen molar-refractivity contribution in [3.05, 3.63) is 29.8 Å². The maximum absolute atomic E-state index is 12.3. The van der Waals surface area contributed by atoms with E-state index in [-0.39, 0.29) is 5.91 Å². The molecular formula is C16H20N2OS2. The molecule has 1 aromatic rings. The van der Waals surface area contributed by atoms with Crippen LogP contribution in [0.4, 0.5) is 5.69 Å². The first-order valence-corrected chi connectivity index (χ1v) is 9.43. The highest BCUT2D eigenvalue weighted by molar-refractivity contribution is 8.38. The number of rotatable bonds is 2. The number of hydrogen-bond acceptors (Lipinski definition) is 4. The zero-order valence-corrected chi connectivity index (χ0v) is 13.9. The SMILES string of the molecule is CC1CCCCN1C(=O)CSC1=Nc2ccccc2CS1. The smallest absolute Gasteiger partial charge is 0.233 e. The molecule has 0 radical (unpaired) electrons. The lowest BCUT2D eigenvalue weighted by Gasteiger charge is -2.33. The van der Waals surface area contributed by atoms with Crippen molar-refractivity contribution in [1.82, 2.24) is 4.90 Å². The van der Waals surface area contributed by atoms with E-state index in [1.54, 1.807) is 23.5 Å². The van der Waals surface area contributed by atoms with Gasteiger partial charge in [0.1, 0.15) is 4.38 Å². The molecule has 1 unspecified atom stereocenters. The summed E-state index contributed by atoms with van der Waals surface area (Å²) in [4.78, 5) is 19.0. The first kappa shape index (κ1) is 15.0. The Labute approximate surface area is 134 Å². The topological polar surface area (TPSA) is 32.7 Å². The first-order valence-electron chi connectivity index (χ1n) is 7.46. The van der Waals surface area contributed by atoms with Crippen molar-refractivity contribution in [2.24, 2.45) is 4.99 Å². The van der Waals surface area contributed by atoms with Gasteiger partial charge in [0, 0.05) is 18.3 Å². The lowest BCUT2D eigenvalue weighted by Crippen LogP contribution is -2.43. The highest BCUT2D eigenvalue weighted by Crippen LogP contribution is 2.34. The summed E-state index contributed by atoms with van der Waals surface area (Å²) in [6.07, 6.45) is 3.53. The number of piperidine rings is 1. The van der Waals surface area contributed by atoms with E-state index in [1.165, 1.54) is 12.0 Å². The van der Waals surface area contributed by atoms with Gasteiger partial charge in [-0.1, -0.05) is 41.7 Å². The van der Waals surface area contributed by atoms with E-state index >= 15 is 0 Å². The third-order valence-corrected chi connectivity index (χ3v) is 6.23. The van der Waals surface area contributed by atoms with Crippen LogP contribution in [-0.2, 0) is 10.5 Å². The van der Waals surface area contributed by atoms with Gasteiger partial charge in [0.2, 0.25) is 5.91 Å². The molecule has 0 aromatic heterocycles. The Bertz CT molecular complexity index is 559. The van der Waals surface area contributed by atoms with Gasteiger partial charge in [-0.25, -0.2) is 4.99 Å². The third-order valence-electron chi connectivity index (χ3n) is 4.00. The highest BCUT2D eigenvalue weighted by atomic mass is 32.2. The summed E-state index contributed by atoms with van der Waals surface area (Å²) in [5.41, 5.74) is 2.33. The van der Waals surface area contributed by atoms with Gasteiger partial charge < -0.3 is 4.90 Å². The van der Waals surface area contributed by atoms with E-state index in [2.05, 4.69) is 18.0 Å². The molecule has 2 aliphatic heterocycles. The van der Waals surface area contributed by atoms with Crippen molar-refractivity contribution in [3.63, 3.8) is 0 Å². The Morgan fingerprint density at radius 2 is 2.29 bits per heavy atom. The average Bonchev–Trinajstić information content (AvgIpc) is 2.53. The van der Waals surface area contributed by atoms with Gasteiger partial charge in [0.15, 0.2) is 0 Å². The largest absolute Gasteiger partial charge is 0.339 e. The Morgan fingerprint density at radius 3 is 3.14 bits per heavy atom. The molecule has 2 heterocycles. The Morgan fingerprint density at radius 1 is 1.43 bits per heavy atom. The molecule has 1 amide bonds. The van der Waals surface area contributed by atoms with Crippen LogP contribution in [0.15, 0.2) is 29.3 Å². The number of carbonyl (C=O) groups is 1. The molecule has 0 N–H and O–H groups in total. The molecule has 0 aliphatic carbocycles. The van der Waals surface area contributed by atoms with Gasteiger partial charge in [-0.2, -0.15) is 0 Å². The molecule has 1 saturated heterocycles. The van der Waals surface area contributed by atoms with Crippen LogP contribution in [0.5, 0.6) is 0 Å². The minimum Gasteiger partial charge on any atom is -0.339 e. The van der Waals surface area contributed by atoms with Crippen molar-refractivity contribution >= 4 is 39.5 Å². The van der Waals surface area contributed by atoms with Crippen molar-refractivity contribution in [3.8, 4) is 0 Å². The lowest BCUT2D eigenvalue weighted by molar-refractivity contribution is -0.131. The van der Waals surface area contributed by atoms with E-state index in [1.807, 2.05) is 23.1 Å². The van der Waals surface area contributed by atoms with E-state index in [4.69, 9.17) is 0 Å². The summed E-state index contributed by atoms with van der Waals surface area (Å²) < 4.78 is 1.02. The number of nitrogens with zero attached hydrogens (tertiary/aromatic N) is 2. The molecule has 21 heavy (non-hydrogen) atoms. The summed E-state index contributed by atoms with van der Waals surface area (Å²) in [5.74, 6) is 1.73. The van der Waals surface area contributed by atoms with Crippen molar-refractivity contribution in [2.45, 2.75) is 38.0 Å². The predicted molar refractivity (Wildman–Crippen MR) is 92.3 cm³/mol. The molecule has 1 atom stereocenters. The minimum atomic E-state index is 0.259. The van der Waals surface area contributed by atoms with Crippen molar-refractivity contribution in [2.75, 3.05) is 12.3 Å². The van der Waals surface area contributed by atoms with Crippen LogP contribution in [0, 0.1) is 0 Å². The number of fused-ring (bicyclic) bond motifs is 1. The molecule has 3 nitrogen and oxygen atoms in total. The van der Waals surface area contributed by atoms with Gasteiger partial charge in [0.25, 0.3) is 0 Å². The molecule has 0 spiro atoms. The summed E-state index contributed by atoms with van der Waals surface area (Å²) in [5, 5.41) is 0. The van der Waals surface area contributed by atoms with Crippen LogP contribution in [-0.4, -0.2) is 33.5 Å². The van der Waals surface area contributed by atoms with Gasteiger partial charge in [0.05, 0.1) is 11.4 Å². The standard InChI is InChI=1S/C16H20N2OS2/c1-12-6-4-5-9-18(12)15(19)11-21-16-17-14-8-3-2-7-13(14)10-20-16/h2-3,7-8,12H,4-6,9-11H2,1H3. The number of carbonyl (C=O) groups excluding carboxylic acids is 1. The molecule has 0 bridgehead atoms. The van der Waals surface area contributed by atoms with Crippen LogP contribution in [0.3, 0.4) is 0 Å². The van der Waals surface area contributed by atoms with E-state index in [9.17, 15) is 4.79 Å². The van der Waals surface area contributed by atoms with Gasteiger partial charge in [-0.15, -0.1) is 0 Å². The van der Waals surface area contributed by atoms with E-state index in [0.29, 0.717) is 11.8 Å². The van der Waals surface area contributed by atoms with Gasteiger partial charge in [-0.3, -0.25) is 4.79 Å². The number of amides is 1. The van der Waals surface area contributed by atoms with Crippen LogP contribution in [0.1, 0.15) is 31.7 Å². The summed E-state index contributed by atoms with van der Waals surface area (Å²) in [6.45, 7) is 3.08. The molecule has 3 rings (SSSR count). The minimum absolute atomic E-state index is 0.259. The van der Waals surface area contributed by atoms with Crippen molar-refractivity contribution < 1.29 is 4.79 Å². The molecule has 5 heteroatoms. The van der Waals surface area contributed by atoms with Crippen LogP contribution < -0.4 is 0 Å². The fraction of sp³-hybridized carbons (Fsp3) is 0.500. The number of likely N-dealkylation sites (tertiary alicyclic amines) is 1. The zero-order chi connectivity index (χ0) is 14.7. The van der Waals surface area contributed by atoms with Crippen LogP contribution in [0.25, 0.3) is 0 Å². The summed E-state index contributed by atoms with van der Waals surface area (Å²) >= 11 is 3.32. The maximum Gasteiger partial charge on any atom is 0.233 e. The maximum atomic E-state index is 12.3. The quantitative estimate of drug-likeness (QED) is 0.824. The Balaban J connectivity index is 1.58. The second kappa shape index (κ2) is 6.88. The fourth-order valence-corrected chi connectivity index (χ4v) is 4.71. The monoisotopic (exact) mass is 320 g/mol. The van der Waals surface area contributed by atoms with Crippen LogP contribution >= 0.6 is 23.5 Å².